The van der Waals surface area contributed by atoms with E-state index in [-0.39, 0.29) is 18.4 Å². The molecule has 7 rings (SSSR count). The molecule has 1 aromatic heterocycles. The number of furan rings is 1. The van der Waals surface area contributed by atoms with Crippen molar-refractivity contribution in [3.63, 3.8) is 0 Å². The van der Waals surface area contributed by atoms with Crippen LogP contribution in [0.4, 0.5) is 4.79 Å². The number of nitrogens with one attached hydrogen (secondary N) is 1. The largest absolute Gasteiger partial charge is 0.465 e. The summed E-state index contributed by atoms with van der Waals surface area (Å²) in [5.41, 5.74) is 1.50. The molecule has 4 aliphatic carbocycles. The zero-order valence-corrected chi connectivity index (χ0v) is 21.4. The number of rotatable bonds is 8. The van der Waals surface area contributed by atoms with Gasteiger partial charge < -0.3 is 14.8 Å². The van der Waals surface area contributed by atoms with Crippen molar-refractivity contribution in [1.82, 2.24) is 10.2 Å². The van der Waals surface area contributed by atoms with Gasteiger partial charge in [0.05, 0.1) is 6.26 Å². The molecule has 1 heterocycles. The van der Waals surface area contributed by atoms with Crippen LogP contribution in [0, 0.1) is 23.7 Å². The monoisotopic (exact) mass is 500 g/mol. The minimum absolute atomic E-state index is 0.117. The van der Waals surface area contributed by atoms with Crippen molar-refractivity contribution in [3.05, 3.63) is 72.0 Å². The fourth-order valence-corrected chi connectivity index (χ4v) is 7.96. The molecule has 3 aromatic rings. The molecule has 1 unspecified atom stereocenters. The van der Waals surface area contributed by atoms with E-state index in [1.165, 1.54) is 6.42 Å². The number of carboxylic acid groups (broad SMARTS) is 1. The number of carbonyl (C=O) groups is 2. The first-order valence-corrected chi connectivity index (χ1v) is 13.7. The zero-order valence-electron chi connectivity index (χ0n) is 21.4. The van der Waals surface area contributed by atoms with Crippen LogP contribution in [-0.4, -0.2) is 40.1 Å². The fourth-order valence-electron chi connectivity index (χ4n) is 7.96. The minimum Gasteiger partial charge on any atom is -0.465 e. The predicted octanol–water partition coefficient (Wildman–Crippen LogP) is 5.90. The average molecular weight is 501 g/mol. The Hall–Kier alpha value is -3.28. The van der Waals surface area contributed by atoms with E-state index in [9.17, 15) is 14.7 Å². The van der Waals surface area contributed by atoms with E-state index in [1.54, 1.807) is 11.2 Å². The van der Waals surface area contributed by atoms with Gasteiger partial charge in [0.15, 0.2) is 0 Å². The van der Waals surface area contributed by atoms with Crippen molar-refractivity contribution < 1.29 is 19.1 Å². The second-order valence-corrected chi connectivity index (χ2v) is 11.8. The summed E-state index contributed by atoms with van der Waals surface area (Å²) >= 11 is 0. The van der Waals surface area contributed by atoms with Gasteiger partial charge in [0.2, 0.25) is 5.91 Å². The maximum absolute atomic E-state index is 14.1. The van der Waals surface area contributed by atoms with Crippen molar-refractivity contribution in [2.75, 3.05) is 6.54 Å². The lowest BCUT2D eigenvalue weighted by atomic mass is 9.53. The van der Waals surface area contributed by atoms with Crippen molar-refractivity contribution in [2.24, 2.45) is 23.7 Å². The van der Waals surface area contributed by atoms with E-state index in [0.717, 1.165) is 59.6 Å². The Labute approximate surface area is 218 Å². The van der Waals surface area contributed by atoms with Crippen LogP contribution in [-0.2, 0) is 17.6 Å². The van der Waals surface area contributed by atoms with Gasteiger partial charge in [-0.2, -0.15) is 0 Å². The summed E-state index contributed by atoms with van der Waals surface area (Å²) in [7, 11) is 0. The third kappa shape index (κ3) is 4.41. The van der Waals surface area contributed by atoms with Gasteiger partial charge >= 0.3 is 6.09 Å². The van der Waals surface area contributed by atoms with Crippen LogP contribution in [0.25, 0.3) is 11.0 Å². The summed E-state index contributed by atoms with van der Waals surface area (Å²) in [4.78, 5) is 28.7. The van der Waals surface area contributed by atoms with Crippen LogP contribution in [0.2, 0.25) is 0 Å². The fraction of sp³-hybridized carbons (Fsp3) is 0.484. The highest BCUT2D eigenvalue weighted by atomic mass is 16.4. The molecule has 0 spiro atoms. The molecule has 6 heteroatoms. The van der Waals surface area contributed by atoms with Gasteiger partial charge in [0.1, 0.15) is 11.1 Å². The molecule has 0 saturated heterocycles. The number of nitrogens with zero attached hydrogens (tertiary/aromatic N) is 1. The third-order valence-electron chi connectivity index (χ3n) is 9.34. The van der Waals surface area contributed by atoms with Gasteiger partial charge in [-0.15, -0.1) is 0 Å². The summed E-state index contributed by atoms with van der Waals surface area (Å²) in [6.07, 6.45) is 7.31. The lowest BCUT2D eigenvalue weighted by Gasteiger charge is -2.59. The molecule has 37 heavy (non-hydrogen) atoms. The quantitative estimate of drug-likeness (QED) is 0.404. The van der Waals surface area contributed by atoms with Gasteiger partial charge in [0.25, 0.3) is 0 Å². The third-order valence-corrected chi connectivity index (χ3v) is 9.34. The average Bonchev–Trinajstić information content (AvgIpc) is 3.28. The molecule has 6 nitrogen and oxygen atoms in total. The molecule has 0 radical (unpaired) electrons. The predicted molar refractivity (Wildman–Crippen MR) is 142 cm³/mol. The molecule has 4 bridgehead atoms. The number of hydrogen-bond acceptors (Lipinski definition) is 3. The molecule has 2 aromatic carbocycles. The van der Waals surface area contributed by atoms with Gasteiger partial charge in [-0.1, -0.05) is 48.5 Å². The van der Waals surface area contributed by atoms with Crippen LogP contribution in [0.5, 0.6) is 0 Å². The Morgan fingerprint density at radius 1 is 0.973 bits per heavy atom. The van der Waals surface area contributed by atoms with E-state index in [1.807, 2.05) is 61.5 Å². The van der Waals surface area contributed by atoms with Crippen LogP contribution < -0.4 is 5.32 Å². The van der Waals surface area contributed by atoms with Gasteiger partial charge in [0, 0.05) is 30.0 Å². The standard InChI is InChI=1S/C31H36N2O4/c1-31(18-25-19-37-27-10-6-5-9-26(25)27,29(34)32-12-11-20-7-3-2-4-8-20)33(30(35)36)28-23-14-21-13-22(16-23)17-24(28)15-21/h2-10,19,21-24,28H,11-18H2,1H3,(H,32,34)(H,35,36). The summed E-state index contributed by atoms with van der Waals surface area (Å²) in [6, 6.07) is 17.7. The first-order valence-electron chi connectivity index (χ1n) is 13.7. The van der Waals surface area contributed by atoms with Crippen molar-refractivity contribution in [2.45, 2.75) is 63.5 Å². The number of amides is 2. The first kappa shape index (κ1) is 24.1. The van der Waals surface area contributed by atoms with Crippen molar-refractivity contribution >= 4 is 23.0 Å². The SMILES string of the molecule is CC(Cc1coc2ccccc12)(C(=O)NCCc1ccccc1)N(C(=O)O)C1C2CC3CC(C2)CC1C3. The maximum atomic E-state index is 14.1. The highest BCUT2D eigenvalue weighted by Gasteiger charge is 2.56. The molecule has 4 fully saturated rings. The summed E-state index contributed by atoms with van der Waals surface area (Å²) < 4.78 is 5.80. The molecular formula is C31H36N2O4. The molecule has 1 atom stereocenters. The first-order chi connectivity index (χ1) is 17.9. The van der Waals surface area contributed by atoms with Gasteiger partial charge in [-0.3, -0.25) is 9.69 Å². The smallest absolute Gasteiger partial charge is 0.408 e. The Morgan fingerprint density at radius 2 is 1.62 bits per heavy atom. The van der Waals surface area contributed by atoms with Crippen LogP contribution in [0.1, 0.15) is 50.2 Å². The highest BCUT2D eigenvalue weighted by Crippen LogP contribution is 2.56. The van der Waals surface area contributed by atoms with Gasteiger partial charge in [-0.25, -0.2) is 4.79 Å². The number of benzene rings is 2. The summed E-state index contributed by atoms with van der Waals surface area (Å²) in [5.74, 6) is 1.89. The molecule has 0 aliphatic heterocycles. The van der Waals surface area contributed by atoms with E-state index < -0.39 is 11.6 Å². The van der Waals surface area contributed by atoms with Crippen LogP contribution in [0.3, 0.4) is 0 Å². The second-order valence-electron chi connectivity index (χ2n) is 11.8. The van der Waals surface area contributed by atoms with E-state index in [4.69, 9.17) is 4.42 Å². The molecule has 4 aliphatic rings. The number of carbonyl (C=O) groups excluding carboxylic acids is 1. The lowest BCUT2D eigenvalue weighted by molar-refractivity contribution is -0.140. The Morgan fingerprint density at radius 3 is 2.30 bits per heavy atom. The van der Waals surface area contributed by atoms with Crippen LogP contribution >= 0.6 is 0 Å². The maximum Gasteiger partial charge on any atom is 0.408 e. The number of para-hydroxylation sites is 1. The number of hydrogen-bond donors (Lipinski definition) is 2. The van der Waals surface area contributed by atoms with E-state index >= 15 is 0 Å². The number of fused-ring (bicyclic) bond motifs is 1. The van der Waals surface area contributed by atoms with Crippen molar-refractivity contribution in [3.8, 4) is 0 Å². The Kier molecular flexibility index (Phi) is 6.21. The normalized spacial score (nSPS) is 27.6. The summed E-state index contributed by atoms with van der Waals surface area (Å²) in [6.45, 7) is 2.28. The molecule has 2 amide bonds. The van der Waals surface area contributed by atoms with Gasteiger partial charge in [-0.05, 0) is 80.8 Å². The Bertz CT molecular complexity index is 1260. The van der Waals surface area contributed by atoms with E-state index in [0.29, 0.717) is 24.8 Å². The second kappa shape index (κ2) is 9.55. The molecule has 2 N–H and O–H groups in total. The Balaban J connectivity index is 1.33. The topological polar surface area (TPSA) is 82.8 Å². The minimum atomic E-state index is -1.25. The zero-order chi connectivity index (χ0) is 25.6. The lowest BCUT2D eigenvalue weighted by Crippen LogP contribution is -2.68. The summed E-state index contributed by atoms with van der Waals surface area (Å²) in [5, 5.41) is 14.8. The molecule has 4 saturated carbocycles. The molecule has 194 valence electrons. The van der Waals surface area contributed by atoms with Crippen molar-refractivity contribution in [1.29, 1.82) is 0 Å². The molecular weight excluding hydrogens is 464 g/mol. The highest BCUT2D eigenvalue weighted by molar-refractivity contribution is 5.91. The van der Waals surface area contributed by atoms with Crippen LogP contribution in [0.15, 0.2) is 65.3 Å². The van der Waals surface area contributed by atoms with E-state index in [2.05, 4.69) is 5.32 Å².